The molecule has 27 heavy (non-hydrogen) atoms. The molecule has 2 heterocycles. The van der Waals surface area contributed by atoms with E-state index in [1.165, 1.54) is 10.4 Å². The van der Waals surface area contributed by atoms with Crippen molar-refractivity contribution in [1.29, 1.82) is 0 Å². The molecule has 1 aromatic rings. The van der Waals surface area contributed by atoms with Gasteiger partial charge in [0.25, 0.3) is 5.91 Å². The van der Waals surface area contributed by atoms with Crippen LogP contribution in [0.5, 0.6) is 5.75 Å². The van der Waals surface area contributed by atoms with Gasteiger partial charge in [-0.1, -0.05) is 0 Å². The van der Waals surface area contributed by atoms with Crippen LogP contribution in [0.2, 0.25) is 0 Å². The zero-order valence-corrected chi connectivity index (χ0v) is 16.0. The summed E-state index contributed by atoms with van der Waals surface area (Å²) in [5, 5.41) is 5.65. The molecule has 1 saturated carbocycles. The SMILES string of the molecule is Cc1cc2c(cc1S(=O)(=O)N1CCC[C@@H](C(=O)NC3CC3)C1)OCC(=O)N2. The Balaban J connectivity index is 1.57. The number of hydrogen-bond acceptors (Lipinski definition) is 5. The summed E-state index contributed by atoms with van der Waals surface area (Å²) in [7, 11) is -3.76. The molecule has 0 aromatic heterocycles. The third-order valence-corrected chi connectivity index (χ3v) is 7.21. The van der Waals surface area contributed by atoms with Gasteiger partial charge >= 0.3 is 0 Å². The molecule has 2 aliphatic heterocycles. The molecule has 3 aliphatic rings. The molecule has 0 unspecified atom stereocenters. The number of anilines is 1. The van der Waals surface area contributed by atoms with E-state index in [1.54, 1.807) is 13.0 Å². The van der Waals surface area contributed by atoms with Crippen LogP contribution < -0.4 is 15.4 Å². The predicted molar refractivity (Wildman–Crippen MR) is 98.0 cm³/mol. The van der Waals surface area contributed by atoms with E-state index in [0.29, 0.717) is 36.4 Å². The molecule has 0 spiro atoms. The van der Waals surface area contributed by atoms with Gasteiger partial charge in [0.15, 0.2) is 6.61 Å². The van der Waals surface area contributed by atoms with Crippen LogP contribution in [0.1, 0.15) is 31.2 Å². The number of aryl methyl sites for hydroxylation is 1. The maximum Gasteiger partial charge on any atom is 0.262 e. The number of piperidine rings is 1. The quantitative estimate of drug-likeness (QED) is 0.794. The van der Waals surface area contributed by atoms with Gasteiger partial charge in [0.2, 0.25) is 15.9 Å². The first-order valence-electron chi connectivity index (χ1n) is 9.22. The number of benzene rings is 1. The first-order chi connectivity index (χ1) is 12.8. The Kier molecular flexibility index (Phi) is 4.59. The van der Waals surface area contributed by atoms with Gasteiger partial charge in [-0.2, -0.15) is 4.31 Å². The summed E-state index contributed by atoms with van der Waals surface area (Å²) < 4.78 is 33.2. The molecule has 146 valence electrons. The molecular weight excluding hydrogens is 370 g/mol. The zero-order valence-electron chi connectivity index (χ0n) is 15.2. The number of carbonyl (C=O) groups excluding carboxylic acids is 2. The van der Waals surface area contributed by atoms with Crippen molar-refractivity contribution in [3.8, 4) is 5.75 Å². The van der Waals surface area contributed by atoms with Crippen molar-refractivity contribution in [2.75, 3.05) is 25.0 Å². The van der Waals surface area contributed by atoms with Gasteiger partial charge in [0.05, 0.1) is 16.5 Å². The molecular formula is C18H23N3O5S. The van der Waals surface area contributed by atoms with Crippen LogP contribution in [0.3, 0.4) is 0 Å². The van der Waals surface area contributed by atoms with Gasteiger partial charge in [-0.25, -0.2) is 8.42 Å². The number of sulfonamides is 1. The largest absolute Gasteiger partial charge is 0.482 e. The third-order valence-electron chi connectivity index (χ3n) is 5.21. The van der Waals surface area contributed by atoms with Gasteiger partial charge in [0.1, 0.15) is 5.75 Å². The zero-order chi connectivity index (χ0) is 19.2. The Morgan fingerprint density at radius 1 is 1.30 bits per heavy atom. The molecule has 0 bridgehead atoms. The molecule has 1 atom stereocenters. The smallest absolute Gasteiger partial charge is 0.262 e. The lowest BCUT2D eigenvalue weighted by molar-refractivity contribution is -0.126. The van der Waals surface area contributed by atoms with Crippen molar-refractivity contribution >= 4 is 27.5 Å². The van der Waals surface area contributed by atoms with Crippen molar-refractivity contribution in [3.05, 3.63) is 17.7 Å². The number of amides is 2. The first kappa shape index (κ1) is 18.2. The normalized spacial score (nSPS) is 23.1. The molecule has 2 fully saturated rings. The highest BCUT2D eigenvalue weighted by molar-refractivity contribution is 7.89. The fourth-order valence-electron chi connectivity index (χ4n) is 3.55. The maximum absolute atomic E-state index is 13.2. The molecule has 1 saturated heterocycles. The highest BCUT2D eigenvalue weighted by Crippen LogP contribution is 2.35. The van der Waals surface area contributed by atoms with E-state index in [-0.39, 0.29) is 41.8 Å². The fourth-order valence-corrected chi connectivity index (χ4v) is 5.30. The van der Waals surface area contributed by atoms with Gasteiger partial charge in [-0.15, -0.1) is 0 Å². The van der Waals surface area contributed by atoms with Gasteiger partial charge < -0.3 is 15.4 Å². The van der Waals surface area contributed by atoms with Crippen molar-refractivity contribution in [2.24, 2.45) is 5.92 Å². The highest BCUT2D eigenvalue weighted by Gasteiger charge is 2.36. The fraction of sp³-hybridized carbons (Fsp3) is 0.556. The van der Waals surface area contributed by atoms with Crippen molar-refractivity contribution < 1.29 is 22.7 Å². The average molecular weight is 393 g/mol. The van der Waals surface area contributed by atoms with Crippen LogP contribution in [0.15, 0.2) is 17.0 Å². The Morgan fingerprint density at radius 2 is 2.07 bits per heavy atom. The lowest BCUT2D eigenvalue weighted by Gasteiger charge is -2.32. The molecule has 9 heteroatoms. The van der Waals surface area contributed by atoms with Crippen LogP contribution in [0.25, 0.3) is 0 Å². The van der Waals surface area contributed by atoms with Crippen LogP contribution in [-0.4, -0.2) is 50.3 Å². The van der Waals surface area contributed by atoms with Gasteiger partial charge in [0, 0.05) is 25.2 Å². The predicted octanol–water partition coefficient (Wildman–Crippen LogP) is 1.01. The number of carbonyl (C=O) groups is 2. The van der Waals surface area contributed by atoms with Crippen LogP contribution in [0.4, 0.5) is 5.69 Å². The standard InChI is InChI=1S/C18H23N3O5S/c1-11-7-14-15(26-10-17(22)20-14)8-16(11)27(24,25)21-6-2-3-12(9-21)18(23)19-13-4-5-13/h7-8,12-13H,2-6,9-10H2,1H3,(H,19,23)(H,20,22)/t12-/m1/s1. The Hall–Kier alpha value is -2.13. The minimum absolute atomic E-state index is 0.0504. The summed E-state index contributed by atoms with van der Waals surface area (Å²) in [6.07, 6.45) is 3.36. The summed E-state index contributed by atoms with van der Waals surface area (Å²) in [4.78, 5) is 24.0. The van der Waals surface area contributed by atoms with E-state index in [2.05, 4.69) is 10.6 Å². The van der Waals surface area contributed by atoms with E-state index >= 15 is 0 Å². The minimum Gasteiger partial charge on any atom is -0.482 e. The molecule has 2 amide bonds. The van der Waals surface area contributed by atoms with Gasteiger partial charge in [-0.05, 0) is 44.2 Å². The van der Waals surface area contributed by atoms with Crippen molar-refractivity contribution in [1.82, 2.24) is 9.62 Å². The van der Waals surface area contributed by atoms with Crippen molar-refractivity contribution in [2.45, 2.75) is 43.5 Å². The monoisotopic (exact) mass is 393 g/mol. The highest BCUT2D eigenvalue weighted by atomic mass is 32.2. The van der Waals surface area contributed by atoms with E-state index in [1.807, 2.05) is 0 Å². The maximum atomic E-state index is 13.2. The lowest BCUT2D eigenvalue weighted by Crippen LogP contribution is -2.45. The second-order valence-electron chi connectivity index (χ2n) is 7.44. The van der Waals surface area contributed by atoms with Crippen molar-refractivity contribution in [3.63, 3.8) is 0 Å². The summed E-state index contributed by atoms with van der Waals surface area (Å²) in [5.74, 6) is -0.287. The van der Waals surface area contributed by atoms with E-state index < -0.39 is 10.0 Å². The molecule has 4 rings (SSSR count). The number of rotatable bonds is 4. The van der Waals surface area contributed by atoms with Crippen LogP contribution >= 0.6 is 0 Å². The summed E-state index contributed by atoms with van der Waals surface area (Å²) >= 11 is 0. The summed E-state index contributed by atoms with van der Waals surface area (Å²) in [6.45, 7) is 2.14. The van der Waals surface area contributed by atoms with E-state index in [4.69, 9.17) is 4.74 Å². The first-order valence-corrected chi connectivity index (χ1v) is 10.7. The van der Waals surface area contributed by atoms with E-state index in [9.17, 15) is 18.0 Å². The second-order valence-corrected chi connectivity index (χ2v) is 9.34. The van der Waals surface area contributed by atoms with Crippen LogP contribution in [-0.2, 0) is 19.6 Å². The summed E-state index contributed by atoms with van der Waals surface area (Å²) in [5.41, 5.74) is 1.01. The topological polar surface area (TPSA) is 105 Å². The second kappa shape index (κ2) is 6.79. The van der Waals surface area contributed by atoms with Crippen LogP contribution in [0, 0.1) is 12.8 Å². The Morgan fingerprint density at radius 3 is 2.81 bits per heavy atom. The Bertz CT molecular complexity index is 895. The summed E-state index contributed by atoms with van der Waals surface area (Å²) in [6, 6.07) is 3.34. The Labute approximate surface area is 158 Å². The lowest BCUT2D eigenvalue weighted by atomic mass is 9.99. The number of nitrogens with one attached hydrogen (secondary N) is 2. The van der Waals surface area contributed by atoms with Gasteiger partial charge in [-0.3, -0.25) is 9.59 Å². The molecule has 8 nitrogen and oxygen atoms in total. The van der Waals surface area contributed by atoms with E-state index in [0.717, 1.165) is 12.8 Å². The number of ether oxygens (including phenoxy) is 1. The molecule has 0 radical (unpaired) electrons. The number of hydrogen-bond donors (Lipinski definition) is 2. The number of fused-ring (bicyclic) bond motifs is 1. The minimum atomic E-state index is -3.76. The molecule has 1 aliphatic carbocycles. The molecule has 1 aromatic carbocycles. The third kappa shape index (κ3) is 3.66. The molecule has 2 N–H and O–H groups in total. The number of nitrogens with zero attached hydrogens (tertiary/aromatic N) is 1. The average Bonchev–Trinajstić information content (AvgIpc) is 3.45.